The first-order valence-electron chi connectivity index (χ1n) is 11.4. The highest BCUT2D eigenvalue weighted by Gasteiger charge is 2.33. The van der Waals surface area contributed by atoms with Gasteiger partial charge in [-0.3, -0.25) is 19.1 Å². The zero-order valence-corrected chi connectivity index (χ0v) is 21.6. The Morgan fingerprint density at radius 3 is 2.59 bits per heavy atom. The first kappa shape index (κ1) is 24.2. The Morgan fingerprint density at radius 2 is 1.94 bits per heavy atom. The molecule has 176 valence electrons. The highest BCUT2D eigenvalue weighted by Crippen LogP contribution is 2.37. The van der Waals surface area contributed by atoms with E-state index >= 15 is 0 Å². The molecule has 2 fully saturated rings. The summed E-state index contributed by atoms with van der Waals surface area (Å²) in [5.41, 5.74) is 3.31. The minimum atomic E-state index is -0.308. The van der Waals surface area contributed by atoms with Gasteiger partial charge < -0.3 is 4.90 Å². The van der Waals surface area contributed by atoms with E-state index in [0.717, 1.165) is 48.4 Å². The molecule has 0 saturated carbocycles. The molecule has 1 unspecified atom stereocenters. The molecule has 2 aliphatic rings. The maximum absolute atomic E-state index is 13.4. The lowest BCUT2D eigenvalue weighted by atomic mass is 9.98. The third-order valence-corrected chi connectivity index (χ3v) is 7.91. The molecule has 1 aromatic heterocycles. The Balaban J connectivity index is 1.77. The molecule has 8 heteroatoms. The van der Waals surface area contributed by atoms with Crippen LogP contribution in [0.5, 0.6) is 0 Å². The average Bonchev–Trinajstić information content (AvgIpc) is 3.06. The summed E-state index contributed by atoms with van der Waals surface area (Å²) in [4.78, 5) is 30.6. The molecular weight excluding hydrogens is 464 g/mol. The summed E-state index contributed by atoms with van der Waals surface area (Å²) in [6.07, 6.45) is 4.00. The number of rotatable bonds is 4. The summed E-state index contributed by atoms with van der Waals surface area (Å²) in [6, 6.07) is 10.1. The molecule has 6 nitrogen and oxygen atoms in total. The van der Waals surface area contributed by atoms with Gasteiger partial charge in [-0.1, -0.05) is 60.7 Å². The Hall–Kier alpha value is -2.89. The van der Waals surface area contributed by atoms with E-state index in [1.165, 1.54) is 11.8 Å². The number of pyridine rings is 1. The molecule has 0 bridgehead atoms. The number of nitrogens with zero attached hydrogens (tertiary/aromatic N) is 4. The predicted octanol–water partition coefficient (Wildman–Crippen LogP) is 4.51. The molecule has 0 spiro atoms. The number of anilines is 1. The number of piperidine rings is 1. The van der Waals surface area contributed by atoms with Crippen LogP contribution in [-0.2, 0) is 18.4 Å². The topological polar surface area (TPSA) is 69.3 Å². The van der Waals surface area contributed by atoms with Crippen LogP contribution in [0.3, 0.4) is 0 Å². The summed E-state index contributed by atoms with van der Waals surface area (Å²) in [5, 5.41) is 9.67. The van der Waals surface area contributed by atoms with Gasteiger partial charge in [0.15, 0.2) is 0 Å². The molecule has 0 aliphatic carbocycles. The monoisotopic (exact) mass is 492 g/mol. The van der Waals surface area contributed by atoms with Crippen molar-refractivity contribution in [3.8, 4) is 6.07 Å². The summed E-state index contributed by atoms with van der Waals surface area (Å²) < 4.78 is 2.07. The van der Waals surface area contributed by atoms with Crippen LogP contribution in [0.4, 0.5) is 5.82 Å². The lowest BCUT2D eigenvalue weighted by Gasteiger charge is -2.35. The number of aromatic nitrogens is 1. The van der Waals surface area contributed by atoms with E-state index in [2.05, 4.69) is 17.9 Å². The van der Waals surface area contributed by atoms with Crippen molar-refractivity contribution in [2.45, 2.75) is 40.2 Å². The first-order valence-corrected chi connectivity index (χ1v) is 12.6. The molecule has 1 atom stereocenters. The third-order valence-electron chi connectivity index (χ3n) is 6.53. The number of thiocarbonyl (C=S) groups is 1. The van der Waals surface area contributed by atoms with Gasteiger partial charge in [-0.2, -0.15) is 5.26 Å². The Morgan fingerprint density at radius 1 is 1.24 bits per heavy atom. The maximum atomic E-state index is 13.4. The SMILES string of the molecule is Cc1ccc(CN2C(=O)/C(=C/c3c(C)c(C#N)c(=O)n(C)c3N3CCCC(C)C3)SC2=S)cc1. The predicted molar refractivity (Wildman–Crippen MR) is 142 cm³/mol. The second-order valence-electron chi connectivity index (χ2n) is 9.16. The molecule has 2 saturated heterocycles. The van der Waals surface area contributed by atoms with Gasteiger partial charge in [-0.25, -0.2) is 0 Å². The van der Waals surface area contributed by atoms with Crippen LogP contribution in [0, 0.1) is 31.1 Å². The molecule has 1 aromatic carbocycles. The quantitative estimate of drug-likeness (QED) is 0.462. The number of benzene rings is 1. The van der Waals surface area contributed by atoms with Crippen LogP contribution in [0.15, 0.2) is 34.0 Å². The van der Waals surface area contributed by atoms with Crippen molar-refractivity contribution >= 4 is 46.1 Å². The molecule has 4 rings (SSSR count). The Kier molecular flexibility index (Phi) is 6.96. The van der Waals surface area contributed by atoms with Crippen LogP contribution in [-0.4, -0.2) is 32.8 Å². The van der Waals surface area contributed by atoms with E-state index in [-0.39, 0.29) is 17.0 Å². The summed E-state index contributed by atoms with van der Waals surface area (Å²) in [5.74, 6) is 1.11. The van der Waals surface area contributed by atoms with Crippen LogP contribution < -0.4 is 10.5 Å². The van der Waals surface area contributed by atoms with E-state index in [9.17, 15) is 14.9 Å². The lowest BCUT2D eigenvalue weighted by Crippen LogP contribution is -2.39. The molecule has 3 heterocycles. The van der Waals surface area contributed by atoms with E-state index < -0.39 is 0 Å². The number of carbonyl (C=O) groups is 1. The zero-order chi connectivity index (χ0) is 24.6. The largest absolute Gasteiger partial charge is 0.357 e. The van der Waals surface area contributed by atoms with Gasteiger partial charge in [-0.15, -0.1) is 0 Å². The fraction of sp³-hybridized carbons (Fsp3) is 0.385. The fourth-order valence-corrected chi connectivity index (χ4v) is 5.86. The molecule has 0 radical (unpaired) electrons. The van der Waals surface area contributed by atoms with Crippen LogP contribution in [0.25, 0.3) is 6.08 Å². The minimum absolute atomic E-state index is 0.109. The van der Waals surface area contributed by atoms with Crippen molar-refractivity contribution in [2.24, 2.45) is 13.0 Å². The van der Waals surface area contributed by atoms with Crippen molar-refractivity contribution in [1.82, 2.24) is 9.47 Å². The number of nitriles is 1. The number of thioether (sulfide) groups is 1. The highest BCUT2D eigenvalue weighted by molar-refractivity contribution is 8.26. The molecule has 0 N–H and O–H groups in total. The average molecular weight is 493 g/mol. The zero-order valence-electron chi connectivity index (χ0n) is 19.9. The Bertz CT molecular complexity index is 1290. The van der Waals surface area contributed by atoms with Crippen LogP contribution in [0.1, 0.15) is 47.6 Å². The molecule has 2 aliphatic heterocycles. The number of hydrogen-bond acceptors (Lipinski definition) is 6. The van der Waals surface area contributed by atoms with Gasteiger partial charge in [0.1, 0.15) is 21.8 Å². The van der Waals surface area contributed by atoms with Crippen molar-refractivity contribution in [1.29, 1.82) is 5.26 Å². The van der Waals surface area contributed by atoms with Gasteiger partial charge in [0, 0.05) is 25.7 Å². The van der Waals surface area contributed by atoms with E-state index in [1.807, 2.05) is 37.3 Å². The van der Waals surface area contributed by atoms with Gasteiger partial charge in [-0.05, 0) is 49.8 Å². The van der Waals surface area contributed by atoms with Crippen LogP contribution in [0.2, 0.25) is 0 Å². The van der Waals surface area contributed by atoms with E-state index in [4.69, 9.17) is 12.2 Å². The van der Waals surface area contributed by atoms with Gasteiger partial charge in [0.25, 0.3) is 11.5 Å². The molecular formula is C26H28N4O2S2. The van der Waals surface area contributed by atoms with Crippen molar-refractivity contribution < 1.29 is 4.79 Å². The fourth-order valence-electron chi connectivity index (χ4n) is 4.62. The van der Waals surface area contributed by atoms with E-state index in [0.29, 0.717) is 27.3 Å². The van der Waals surface area contributed by atoms with Crippen LogP contribution >= 0.6 is 24.0 Å². The number of carbonyl (C=O) groups excluding carboxylic acids is 1. The maximum Gasteiger partial charge on any atom is 0.270 e. The Labute approximate surface area is 209 Å². The normalized spacial score (nSPS) is 19.7. The smallest absolute Gasteiger partial charge is 0.270 e. The lowest BCUT2D eigenvalue weighted by molar-refractivity contribution is -0.122. The van der Waals surface area contributed by atoms with Gasteiger partial charge >= 0.3 is 0 Å². The van der Waals surface area contributed by atoms with E-state index in [1.54, 1.807) is 23.4 Å². The second-order valence-corrected chi connectivity index (χ2v) is 10.8. The van der Waals surface area contributed by atoms with Crippen molar-refractivity contribution in [2.75, 3.05) is 18.0 Å². The highest BCUT2D eigenvalue weighted by atomic mass is 32.2. The number of amides is 1. The van der Waals surface area contributed by atoms with Crippen molar-refractivity contribution in [3.63, 3.8) is 0 Å². The van der Waals surface area contributed by atoms with Gasteiger partial charge in [0.2, 0.25) is 0 Å². The summed E-state index contributed by atoms with van der Waals surface area (Å²) in [7, 11) is 1.71. The van der Waals surface area contributed by atoms with Crippen molar-refractivity contribution in [3.05, 3.63) is 67.3 Å². The van der Waals surface area contributed by atoms with Gasteiger partial charge in [0.05, 0.1) is 11.4 Å². The number of hydrogen-bond donors (Lipinski definition) is 0. The standard InChI is InChI=1S/C26H28N4O2S2/c1-16-7-9-19(10-8-16)15-30-25(32)22(34-26(30)33)12-20-18(3)21(13-27)24(31)28(4)23(20)29-11-5-6-17(2)14-29/h7-10,12,17H,5-6,11,14-15H2,1-4H3/b22-12-. The minimum Gasteiger partial charge on any atom is -0.357 e. The molecule has 1 amide bonds. The summed E-state index contributed by atoms with van der Waals surface area (Å²) in [6.45, 7) is 8.09. The molecule has 2 aromatic rings. The second kappa shape index (κ2) is 9.77. The third kappa shape index (κ3) is 4.55. The molecule has 34 heavy (non-hydrogen) atoms. The summed E-state index contributed by atoms with van der Waals surface area (Å²) >= 11 is 6.81. The number of aryl methyl sites for hydroxylation is 1. The first-order chi connectivity index (χ1) is 16.2.